The van der Waals surface area contributed by atoms with Crippen LogP contribution in [-0.2, 0) is 0 Å². The number of rotatable bonds is 4. The molecule has 3 nitrogen and oxygen atoms in total. The van der Waals surface area contributed by atoms with Gasteiger partial charge < -0.3 is 10.0 Å². The van der Waals surface area contributed by atoms with Gasteiger partial charge in [0, 0.05) is 23.7 Å². The Bertz CT molecular complexity index is 577. The molecule has 1 aliphatic rings. The predicted octanol–water partition coefficient (Wildman–Crippen LogP) is 2.60. The number of aliphatic hydroxyl groups is 1. The standard InChI is InChI=1S/C18H23NO2/c1-13(2)12-19(17-6-7-17)18(21)16-10-14(3)9-15(11-16)5-4-8-20/h9-11,13,17,20H,6-8,12H2,1-3H3. The Morgan fingerprint density at radius 2 is 2.10 bits per heavy atom. The van der Waals surface area contributed by atoms with Gasteiger partial charge in [-0.1, -0.05) is 25.7 Å². The molecule has 1 N–H and O–H groups in total. The van der Waals surface area contributed by atoms with Gasteiger partial charge in [0.05, 0.1) is 0 Å². The van der Waals surface area contributed by atoms with Crippen LogP contribution in [0.2, 0.25) is 0 Å². The summed E-state index contributed by atoms with van der Waals surface area (Å²) in [5, 5.41) is 8.79. The van der Waals surface area contributed by atoms with Crippen LogP contribution in [0, 0.1) is 24.7 Å². The van der Waals surface area contributed by atoms with Crippen LogP contribution >= 0.6 is 0 Å². The van der Waals surface area contributed by atoms with E-state index < -0.39 is 0 Å². The lowest BCUT2D eigenvalue weighted by atomic mass is 10.0. The van der Waals surface area contributed by atoms with Crippen molar-refractivity contribution in [1.82, 2.24) is 4.90 Å². The summed E-state index contributed by atoms with van der Waals surface area (Å²) in [5.74, 6) is 6.08. The lowest BCUT2D eigenvalue weighted by Gasteiger charge is -2.24. The number of nitrogens with zero attached hydrogens (tertiary/aromatic N) is 1. The van der Waals surface area contributed by atoms with Crippen molar-refractivity contribution in [2.75, 3.05) is 13.2 Å². The summed E-state index contributed by atoms with van der Waals surface area (Å²) in [7, 11) is 0. The van der Waals surface area contributed by atoms with E-state index >= 15 is 0 Å². The Morgan fingerprint density at radius 3 is 2.67 bits per heavy atom. The average molecular weight is 285 g/mol. The van der Waals surface area contributed by atoms with Crippen LogP contribution in [0.15, 0.2) is 18.2 Å². The Morgan fingerprint density at radius 1 is 1.38 bits per heavy atom. The molecule has 3 heteroatoms. The lowest BCUT2D eigenvalue weighted by Crippen LogP contribution is -2.36. The molecule has 0 heterocycles. The highest BCUT2D eigenvalue weighted by molar-refractivity contribution is 5.95. The second-order valence-corrected chi connectivity index (χ2v) is 6.13. The van der Waals surface area contributed by atoms with Crippen LogP contribution < -0.4 is 0 Å². The molecule has 112 valence electrons. The zero-order valence-corrected chi connectivity index (χ0v) is 13.0. The first-order valence-electron chi connectivity index (χ1n) is 7.53. The monoisotopic (exact) mass is 285 g/mol. The van der Waals surface area contributed by atoms with Gasteiger partial charge >= 0.3 is 0 Å². The summed E-state index contributed by atoms with van der Waals surface area (Å²) in [5.41, 5.74) is 2.50. The maximum absolute atomic E-state index is 12.8. The molecular weight excluding hydrogens is 262 g/mol. The van der Waals surface area contributed by atoms with Crippen LogP contribution in [-0.4, -0.2) is 35.1 Å². The number of carbonyl (C=O) groups excluding carboxylic acids is 1. The van der Waals surface area contributed by atoms with Crippen LogP contribution in [0.5, 0.6) is 0 Å². The SMILES string of the molecule is Cc1cc(C#CCO)cc(C(=O)N(CC(C)C)C2CC2)c1. The number of aliphatic hydroxyl groups excluding tert-OH is 1. The Labute approximate surface area is 127 Å². The van der Waals surface area contributed by atoms with Crippen LogP contribution in [0.25, 0.3) is 0 Å². The third kappa shape index (κ3) is 4.34. The van der Waals surface area contributed by atoms with Crippen LogP contribution in [0.3, 0.4) is 0 Å². The first-order chi connectivity index (χ1) is 10.0. The number of carbonyl (C=O) groups is 1. The molecule has 0 spiro atoms. The van der Waals surface area contributed by atoms with Gasteiger partial charge in [0.25, 0.3) is 5.91 Å². The topological polar surface area (TPSA) is 40.5 Å². The highest BCUT2D eigenvalue weighted by atomic mass is 16.2. The summed E-state index contributed by atoms with van der Waals surface area (Å²) in [6, 6.07) is 6.09. The van der Waals surface area contributed by atoms with Crippen molar-refractivity contribution in [1.29, 1.82) is 0 Å². The quantitative estimate of drug-likeness (QED) is 0.864. The summed E-state index contributed by atoms with van der Waals surface area (Å²) >= 11 is 0. The van der Waals surface area contributed by atoms with Gasteiger partial charge in [-0.3, -0.25) is 4.79 Å². The minimum Gasteiger partial charge on any atom is -0.384 e. The predicted molar refractivity (Wildman–Crippen MR) is 84.0 cm³/mol. The van der Waals surface area contributed by atoms with E-state index in [9.17, 15) is 4.79 Å². The molecule has 0 bridgehead atoms. The van der Waals surface area contributed by atoms with Crippen molar-refractivity contribution < 1.29 is 9.90 Å². The number of hydrogen-bond acceptors (Lipinski definition) is 2. The zero-order chi connectivity index (χ0) is 15.4. The highest BCUT2D eigenvalue weighted by Crippen LogP contribution is 2.29. The lowest BCUT2D eigenvalue weighted by molar-refractivity contribution is 0.0722. The largest absolute Gasteiger partial charge is 0.384 e. The smallest absolute Gasteiger partial charge is 0.254 e. The van der Waals surface area contributed by atoms with E-state index in [2.05, 4.69) is 25.7 Å². The van der Waals surface area contributed by atoms with Gasteiger partial charge in [-0.15, -0.1) is 0 Å². The van der Waals surface area contributed by atoms with E-state index in [0.29, 0.717) is 17.5 Å². The van der Waals surface area contributed by atoms with Gasteiger partial charge in [0.2, 0.25) is 0 Å². The minimum atomic E-state index is -0.168. The van der Waals surface area contributed by atoms with Crippen molar-refractivity contribution >= 4 is 5.91 Å². The van der Waals surface area contributed by atoms with Crippen molar-refractivity contribution in [3.05, 3.63) is 34.9 Å². The molecule has 0 aromatic heterocycles. The number of amides is 1. The molecule has 0 aliphatic heterocycles. The molecule has 1 aliphatic carbocycles. The molecule has 1 aromatic carbocycles. The Kier molecular flexibility index (Phi) is 5.03. The maximum Gasteiger partial charge on any atom is 0.254 e. The third-order valence-electron chi connectivity index (χ3n) is 3.45. The average Bonchev–Trinajstić information content (AvgIpc) is 3.25. The van der Waals surface area contributed by atoms with E-state index in [0.717, 1.165) is 30.5 Å². The van der Waals surface area contributed by atoms with E-state index in [1.165, 1.54) is 0 Å². The van der Waals surface area contributed by atoms with Crippen molar-refractivity contribution in [2.24, 2.45) is 5.92 Å². The van der Waals surface area contributed by atoms with E-state index in [1.807, 2.05) is 30.0 Å². The normalized spacial score (nSPS) is 13.8. The molecule has 21 heavy (non-hydrogen) atoms. The molecular formula is C18H23NO2. The first kappa shape index (κ1) is 15.6. The fraction of sp³-hybridized carbons (Fsp3) is 0.500. The van der Waals surface area contributed by atoms with E-state index in [4.69, 9.17) is 5.11 Å². The molecule has 0 radical (unpaired) electrons. The van der Waals surface area contributed by atoms with Crippen molar-refractivity contribution in [3.63, 3.8) is 0 Å². The molecule has 0 unspecified atom stereocenters. The first-order valence-corrected chi connectivity index (χ1v) is 7.53. The molecule has 0 saturated heterocycles. The zero-order valence-electron chi connectivity index (χ0n) is 13.0. The minimum absolute atomic E-state index is 0.0990. The van der Waals surface area contributed by atoms with Crippen molar-refractivity contribution in [3.8, 4) is 11.8 Å². The fourth-order valence-electron chi connectivity index (χ4n) is 2.46. The maximum atomic E-state index is 12.8. The van der Waals surface area contributed by atoms with Crippen LogP contribution in [0.1, 0.15) is 48.2 Å². The fourth-order valence-corrected chi connectivity index (χ4v) is 2.46. The summed E-state index contributed by atoms with van der Waals surface area (Å²) < 4.78 is 0. The number of hydrogen-bond donors (Lipinski definition) is 1. The van der Waals surface area contributed by atoms with Gasteiger partial charge in [-0.2, -0.15) is 0 Å². The van der Waals surface area contributed by atoms with Gasteiger partial charge in [-0.25, -0.2) is 0 Å². The summed E-state index contributed by atoms with van der Waals surface area (Å²) in [6.45, 7) is 6.87. The molecule has 1 amide bonds. The highest BCUT2D eigenvalue weighted by Gasteiger charge is 2.33. The summed E-state index contributed by atoms with van der Waals surface area (Å²) in [6.07, 6.45) is 2.23. The second kappa shape index (κ2) is 6.78. The number of aryl methyl sites for hydroxylation is 1. The second-order valence-electron chi connectivity index (χ2n) is 6.13. The van der Waals surface area contributed by atoms with Gasteiger partial charge in [0.1, 0.15) is 6.61 Å². The van der Waals surface area contributed by atoms with E-state index in [-0.39, 0.29) is 12.5 Å². The van der Waals surface area contributed by atoms with E-state index in [1.54, 1.807) is 0 Å². The van der Waals surface area contributed by atoms with Gasteiger partial charge in [-0.05, 0) is 49.4 Å². The summed E-state index contributed by atoms with van der Waals surface area (Å²) in [4.78, 5) is 14.8. The molecule has 1 aromatic rings. The molecule has 1 saturated carbocycles. The molecule has 1 fully saturated rings. The Balaban J connectivity index is 2.26. The molecule has 2 rings (SSSR count). The van der Waals surface area contributed by atoms with Crippen molar-refractivity contribution in [2.45, 2.75) is 39.7 Å². The number of benzene rings is 1. The third-order valence-corrected chi connectivity index (χ3v) is 3.45. The Hall–Kier alpha value is -1.79. The van der Waals surface area contributed by atoms with Gasteiger partial charge in [0.15, 0.2) is 0 Å². The molecule has 0 atom stereocenters. The van der Waals surface area contributed by atoms with Crippen LogP contribution in [0.4, 0.5) is 0 Å².